The van der Waals surface area contributed by atoms with Gasteiger partial charge in [0.05, 0.1) is 0 Å². The topological polar surface area (TPSA) is 78.4 Å². The summed E-state index contributed by atoms with van der Waals surface area (Å²) in [6.45, 7) is 3.78. The van der Waals surface area contributed by atoms with Crippen LogP contribution in [0.25, 0.3) is 0 Å². The summed E-state index contributed by atoms with van der Waals surface area (Å²) < 4.78 is 0. The monoisotopic (exact) mass is 298 g/mol. The summed E-state index contributed by atoms with van der Waals surface area (Å²) in [5.74, 6) is -1.39. The Balaban J connectivity index is 2.01. The van der Waals surface area contributed by atoms with E-state index in [-0.39, 0.29) is 5.75 Å². The van der Waals surface area contributed by atoms with Crippen molar-refractivity contribution in [2.45, 2.75) is 20.3 Å². The fourth-order valence-electron chi connectivity index (χ4n) is 1.98. The third kappa shape index (κ3) is 3.85. The van der Waals surface area contributed by atoms with Gasteiger partial charge in [-0.1, -0.05) is 19.1 Å². The first-order chi connectivity index (χ1) is 10.5. The van der Waals surface area contributed by atoms with Crippen LogP contribution in [-0.4, -0.2) is 16.9 Å². The number of aryl methyl sites for hydroxylation is 2. The van der Waals surface area contributed by atoms with Crippen LogP contribution >= 0.6 is 0 Å². The van der Waals surface area contributed by atoms with Gasteiger partial charge in [0, 0.05) is 11.4 Å². The molecule has 0 bridgehead atoms. The first-order valence-electron chi connectivity index (χ1n) is 7.00. The van der Waals surface area contributed by atoms with Crippen molar-refractivity contribution in [1.82, 2.24) is 0 Å². The second-order valence-electron chi connectivity index (χ2n) is 4.96. The van der Waals surface area contributed by atoms with Crippen LogP contribution in [0.15, 0.2) is 42.5 Å². The Morgan fingerprint density at radius 2 is 1.64 bits per heavy atom. The number of phenols is 1. The summed E-state index contributed by atoms with van der Waals surface area (Å²) in [4.78, 5) is 23.8. The van der Waals surface area contributed by atoms with E-state index < -0.39 is 11.8 Å². The normalized spacial score (nSPS) is 10.1. The summed E-state index contributed by atoms with van der Waals surface area (Å²) in [5.41, 5.74) is 2.88. The van der Waals surface area contributed by atoms with E-state index in [1.165, 1.54) is 12.1 Å². The highest BCUT2D eigenvalue weighted by Crippen LogP contribution is 2.20. The number of benzene rings is 2. The average Bonchev–Trinajstić information content (AvgIpc) is 2.50. The van der Waals surface area contributed by atoms with Gasteiger partial charge < -0.3 is 15.7 Å². The number of hydrogen-bond acceptors (Lipinski definition) is 3. The Labute approximate surface area is 129 Å². The molecule has 114 valence electrons. The number of carbonyl (C=O) groups excluding carboxylic acids is 2. The van der Waals surface area contributed by atoms with Gasteiger partial charge in [-0.25, -0.2) is 0 Å². The molecule has 2 aromatic rings. The van der Waals surface area contributed by atoms with Gasteiger partial charge in [-0.3, -0.25) is 9.59 Å². The summed E-state index contributed by atoms with van der Waals surface area (Å²) >= 11 is 0. The second kappa shape index (κ2) is 6.76. The van der Waals surface area contributed by atoms with Crippen molar-refractivity contribution in [1.29, 1.82) is 0 Å². The molecule has 5 heteroatoms. The molecule has 2 aromatic carbocycles. The molecule has 0 aliphatic heterocycles. The second-order valence-corrected chi connectivity index (χ2v) is 4.96. The van der Waals surface area contributed by atoms with E-state index in [0.29, 0.717) is 16.9 Å². The van der Waals surface area contributed by atoms with Gasteiger partial charge in [0.25, 0.3) is 0 Å². The lowest BCUT2D eigenvalue weighted by molar-refractivity contribution is -0.133. The number of nitrogens with one attached hydrogen (secondary N) is 2. The SMILES string of the molecule is CCc1ccc(NC(=O)C(=O)Nc2ccc(O)cc2C)cc1. The quantitative estimate of drug-likeness (QED) is 0.602. The predicted molar refractivity (Wildman–Crippen MR) is 85.9 cm³/mol. The summed E-state index contributed by atoms with van der Waals surface area (Å²) in [6, 6.07) is 11.8. The van der Waals surface area contributed by atoms with Crippen LogP contribution < -0.4 is 10.6 Å². The van der Waals surface area contributed by atoms with Gasteiger partial charge in [-0.15, -0.1) is 0 Å². The molecule has 0 aromatic heterocycles. The van der Waals surface area contributed by atoms with Crippen molar-refractivity contribution in [2.75, 3.05) is 10.6 Å². The molecule has 0 aliphatic carbocycles. The van der Waals surface area contributed by atoms with Crippen molar-refractivity contribution in [3.8, 4) is 5.75 Å². The van der Waals surface area contributed by atoms with Gasteiger partial charge in [0.2, 0.25) is 0 Å². The molecule has 5 nitrogen and oxygen atoms in total. The maximum Gasteiger partial charge on any atom is 0.314 e. The van der Waals surface area contributed by atoms with E-state index in [1.807, 2.05) is 19.1 Å². The van der Waals surface area contributed by atoms with Crippen LogP contribution in [0.4, 0.5) is 11.4 Å². The minimum atomic E-state index is -0.756. The van der Waals surface area contributed by atoms with E-state index in [1.54, 1.807) is 25.1 Å². The molecule has 0 heterocycles. The minimum absolute atomic E-state index is 0.107. The average molecular weight is 298 g/mol. The molecular formula is C17H18N2O3. The Bertz CT molecular complexity index is 694. The lowest BCUT2D eigenvalue weighted by atomic mass is 10.1. The first-order valence-corrected chi connectivity index (χ1v) is 7.00. The van der Waals surface area contributed by atoms with Gasteiger partial charge >= 0.3 is 11.8 Å². The lowest BCUT2D eigenvalue weighted by Gasteiger charge is -2.09. The van der Waals surface area contributed by atoms with E-state index in [4.69, 9.17) is 0 Å². The smallest absolute Gasteiger partial charge is 0.314 e. The number of aromatic hydroxyl groups is 1. The molecule has 0 radical (unpaired) electrons. The molecule has 0 spiro atoms. The molecule has 0 unspecified atom stereocenters. The summed E-state index contributed by atoms with van der Waals surface area (Å²) in [6.07, 6.45) is 0.912. The fourth-order valence-corrected chi connectivity index (χ4v) is 1.98. The zero-order valence-corrected chi connectivity index (χ0v) is 12.5. The number of phenolic OH excluding ortho intramolecular Hbond substituents is 1. The van der Waals surface area contributed by atoms with Gasteiger partial charge in [0.15, 0.2) is 0 Å². The zero-order chi connectivity index (χ0) is 16.1. The Hall–Kier alpha value is -2.82. The molecule has 22 heavy (non-hydrogen) atoms. The molecule has 3 N–H and O–H groups in total. The molecule has 0 saturated carbocycles. The van der Waals surface area contributed by atoms with Crippen molar-refractivity contribution < 1.29 is 14.7 Å². The van der Waals surface area contributed by atoms with Crippen molar-refractivity contribution in [3.05, 3.63) is 53.6 Å². The Morgan fingerprint density at radius 1 is 1.00 bits per heavy atom. The van der Waals surface area contributed by atoms with E-state index >= 15 is 0 Å². The lowest BCUT2D eigenvalue weighted by Crippen LogP contribution is -2.29. The number of carbonyl (C=O) groups is 2. The van der Waals surface area contributed by atoms with Gasteiger partial charge in [0.1, 0.15) is 5.75 Å². The highest BCUT2D eigenvalue weighted by atomic mass is 16.3. The third-order valence-electron chi connectivity index (χ3n) is 3.28. The van der Waals surface area contributed by atoms with Crippen molar-refractivity contribution in [3.63, 3.8) is 0 Å². The molecule has 0 fully saturated rings. The maximum absolute atomic E-state index is 11.9. The molecular weight excluding hydrogens is 280 g/mol. The maximum atomic E-state index is 11.9. The van der Waals surface area contributed by atoms with Crippen LogP contribution in [0.1, 0.15) is 18.1 Å². The molecule has 0 aliphatic rings. The van der Waals surface area contributed by atoms with Crippen LogP contribution in [-0.2, 0) is 16.0 Å². The number of amides is 2. The molecule has 0 saturated heterocycles. The number of hydrogen-bond donors (Lipinski definition) is 3. The molecule has 2 amide bonds. The number of anilines is 2. The van der Waals surface area contributed by atoms with Crippen molar-refractivity contribution >= 4 is 23.2 Å². The standard InChI is InChI=1S/C17H18N2O3/c1-3-12-4-6-13(7-5-12)18-16(21)17(22)19-15-9-8-14(20)10-11(15)2/h4-10,20H,3H2,1-2H3,(H,18,21)(H,19,22). The first kappa shape index (κ1) is 15.6. The van der Waals surface area contributed by atoms with Crippen LogP contribution in [0.2, 0.25) is 0 Å². The van der Waals surface area contributed by atoms with Crippen molar-refractivity contribution in [2.24, 2.45) is 0 Å². The molecule has 2 rings (SSSR count). The third-order valence-corrected chi connectivity index (χ3v) is 3.28. The Kier molecular flexibility index (Phi) is 4.78. The number of rotatable bonds is 3. The fraction of sp³-hybridized carbons (Fsp3) is 0.176. The Morgan fingerprint density at radius 3 is 2.23 bits per heavy atom. The van der Waals surface area contributed by atoms with Gasteiger partial charge in [-0.05, 0) is 54.8 Å². The highest BCUT2D eigenvalue weighted by molar-refractivity contribution is 6.43. The van der Waals surface area contributed by atoms with Crippen LogP contribution in [0.3, 0.4) is 0 Å². The summed E-state index contributed by atoms with van der Waals surface area (Å²) in [7, 11) is 0. The zero-order valence-electron chi connectivity index (χ0n) is 12.5. The highest BCUT2D eigenvalue weighted by Gasteiger charge is 2.15. The largest absolute Gasteiger partial charge is 0.508 e. The predicted octanol–water partition coefficient (Wildman–Crippen LogP) is 2.84. The van der Waals surface area contributed by atoms with E-state index in [0.717, 1.165) is 12.0 Å². The summed E-state index contributed by atoms with van der Waals surface area (Å²) in [5, 5.41) is 14.4. The van der Waals surface area contributed by atoms with Crippen LogP contribution in [0.5, 0.6) is 5.75 Å². The van der Waals surface area contributed by atoms with Crippen LogP contribution in [0, 0.1) is 6.92 Å². The van der Waals surface area contributed by atoms with E-state index in [2.05, 4.69) is 10.6 Å². The molecule has 0 atom stereocenters. The van der Waals surface area contributed by atoms with E-state index in [9.17, 15) is 14.7 Å². The van der Waals surface area contributed by atoms with Gasteiger partial charge in [-0.2, -0.15) is 0 Å². The minimum Gasteiger partial charge on any atom is -0.508 e.